The van der Waals surface area contributed by atoms with Gasteiger partial charge in [-0.25, -0.2) is 0 Å². The number of unbranched alkanes of at least 4 members (excludes halogenated alkanes) is 2. The lowest BCUT2D eigenvalue weighted by atomic mass is 9.66. The molecule has 0 aliphatic heterocycles. The summed E-state index contributed by atoms with van der Waals surface area (Å²) in [6.45, 7) is 7.27. The zero-order valence-electron chi connectivity index (χ0n) is 13.1. The fourth-order valence-corrected chi connectivity index (χ4v) is 5.21. The van der Waals surface area contributed by atoms with Crippen LogP contribution in [0.2, 0.25) is 0 Å². The molecule has 0 aliphatic rings. The van der Waals surface area contributed by atoms with Gasteiger partial charge < -0.3 is 14.9 Å². The number of rotatable bonds is 10. The smallest absolute Gasteiger partial charge is 0.343 e. The van der Waals surface area contributed by atoms with Crippen LogP contribution in [0.4, 0.5) is 0 Å². The van der Waals surface area contributed by atoms with Crippen molar-refractivity contribution in [2.75, 3.05) is 0 Å². The molecule has 0 aliphatic carbocycles. The number of carboxylic acids is 1. The van der Waals surface area contributed by atoms with E-state index in [9.17, 15) is 24.3 Å². The zero-order chi connectivity index (χ0) is 16.0. The minimum atomic E-state index is -4.77. The Morgan fingerprint density at radius 3 is 1.75 bits per heavy atom. The van der Waals surface area contributed by atoms with Gasteiger partial charge in [0.2, 0.25) is 0 Å². The number of hydrogen-bond acceptors (Lipinski definition) is 2. The summed E-state index contributed by atoms with van der Waals surface area (Å²) < 4.78 is 12.0. The standard InChI is InChI=1S/C14H29O5P/c1-5-9-10-11-13(6-2,7-3)14(8-4,12(15)16)20(17,18)19/h5-11H2,1-4H3,(H,15,16)(H2,17,18,19). The van der Waals surface area contributed by atoms with Crippen molar-refractivity contribution in [3.63, 3.8) is 0 Å². The first-order chi connectivity index (χ1) is 9.19. The van der Waals surface area contributed by atoms with Crippen LogP contribution in [0.15, 0.2) is 0 Å². The maximum Gasteiger partial charge on any atom is 0.343 e. The summed E-state index contributed by atoms with van der Waals surface area (Å²) in [4.78, 5) is 31.4. The van der Waals surface area contributed by atoms with E-state index >= 15 is 0 Å². The molecule has 0 spiro atoms. The molecule has 0 radical (unpaired) electrons. The molecule has 0 amide bonds. The minimum Gasteiger partial charge on any atom is -0.480 e. The normalized spacial score (nSPS) is 15.9. The van der Waals surface area contributed by atoms with Gasteiger partial charge in [0.15, 0.2) is 5.16 Å². The van der Waals surface area contributed by atoms with E-state index in [4.69, 9.17) is 0 Å². The van der Waals surface area contributed by atoms with Crippen molar-refractivity contribution in [1.82, 2.24) is 0 Å². The van der Waals surface area contributed by atoms with E-state index in [1.54, 1.807) is 6.92 Å². The van der Waals surface area contributed by atoms with Crippen LogP contribution >= 0.6 is 7.60 Å². The Morgan fingerprint density at radius 2 is 1.50 bits per heavy atom. The van der Waals surface area contributed by atoms with E-state index < -0.39 is 24.1 Å². The Morgan fingerprint density at radius 1 is 1.00 bits per heavy atom. The van der Waals surface area contributed by atoms with Gasteiger partial charge in [0.05, 0.1) is 0 Å². The Hall–Kier alpha value is -0.380. The molecule has 0 heterocycles. The Balaban J connectivity index is 5.90. The van der Waals surface area contributed by atoms with Gasteiger partial charge in [-0.2, -0.15) is 0 Å². The van der Waals surface area contributed by atoms with Crippen molar-refractivity contribution in [3.8, 4) is 0 Å². The molecule has 0 fully saturated rings. The largest absolute Gasteiger partial charge is 0.480 e. The first kappa shape index (κ1) is 19.6. The van der Waals surface area contributed by atoms with Crippen LogP contribution in [-0.4, -0.2) is 26.0 Å². The summed E-state index contributed by atoms with van der Waals surface area (Å²) in [5.41, 5.74) is -0.859. The SMILES string of the molecule is CCCCCC(CC)(CC)C(CC)(C(=O)O)P(=O)(O)O. The van der Waals surface area contributed by atoms with Gasteiger partial charge in [0.1, 0.15) is 0 Å². The Bertz CT molecular complexity index is 359. The second kappa shape index (κ2) is 7.58. The molecule has 1 atom stereocenters. The third kappa shape index (κ3) is 3.26. The lowest BCUT2D eigenvalue weighted by Gasteiger charge is -2.47. The first-order valence-corrected chi connectivity index (χ1v) is 9.09. The molecule has 0 saturated carbocycles. The molecule has 6 heteroatoms. The predicted molar refractivity (Wildman–Crippen MR) is 79.9 cm³/mol. The van der Waals surface area contributed by atoms with Crippen LogP contribution in [0.1, 0.15) is 72.6 Å². The summed E-state index contributed by atoms with van der Waals surface area (Å²) in [5.74, 6) is -1.37. The van der Waals surface area contributed by atoms with Crippen LogP contribution in [0.3, 0.4) is 0 Å². The number of carbonyl (C=O) groups is 1. The maximum atomic E-state index is 12.0. The highest BCUT2D eigenvalue weighted by Crippen LogP contribution is 2.65. The van der Waals surface area contributed by atoms with Crippen LogP contribution in [0.25, 0.3) is 0 Å². The van der Waals surface area contributed by atoms with Gasteiger partial charge in [-0.15, -0.1) is 0 Å². The van der Waals surface area contributed by atoms with E-state index in [0.717, 1.165) is 19.3 Å². The van der Waals surface area contributed by atoms with Crippen molar-refractivity contribution in [1.29, 1.82) is 0 Å². The number of hydrogen-bond donors (Lipinski definition) is 3. The van der Waals surface area contributed by atoms with E-state index in [2.05, 4.69) is 0 Å². The van der Waals surface area contributed by atoms with Gasteiger partial charge in [0.25, 0.3) is 0 Å². The zero-order valence-corrected chi connectivity index (χ0v) is 13.9. The molecule has 0 saturated heterocycles. The fraction of sp³-hybridized carbons (Fsp3) is 0.929. The molecule has 0 aromatic carbocycles. The molecular formula is C14H29O5P. The van der Waals surface area contributed by atoms with E-state index in [1.807, 2.05) is 20.8 Å². The van der Waals surface area contributed by atoms with Crippen molar-refractivity contribution in [2.24, 2.45) is 5.41 Å². The molecule has 120 valence electrons. The molecule has 0 aromatic rings. The van der Waals surface area contributed by atoms with Crippen molar-refractivity contribution < 1.29 is 24.3 Å². The van der Waals surface area contributed by atoms with Crippen LogP contribution in [-0.2, 0) is 9.36 Å². The van der Waals surface area contributed by atoms with Crippen LogP contribution in [0, 0.1) is 5.41 Å². The molecule has 3 N–H and O–H groups in total. The van der Waals surface area contributed by atoms with E-state index in [1.165, 1.54) is 0 Å². The van der Waals surface area contributed by atoms with Crippen LogP contribution in [0.5, 0.6) is 0 Å². The molecule has 20 heavy (non-hydrogen) atoms. The fourth-order valence-electron chi connectivity index (χ4n) is 3.50. The van der Waals surface area contributed by atoms with Crippen molar-refractivity contribution in [3.05, 3.63) is 0 Å². The summed E-state index contributed by atoms with van der Waals surface area (Å²) >= 11 is 0. The second-order valence-corrected chi connectivity index (χ2v) is 7.36. The number of aliphatic carboxylic acids is 1. The maximum absolute atomic E-state index is 12.0. The van der Waals surface area contributed by atoms with E-state index in [0.29, 0.717) is 19.3 Å². The molecular weight excluding hydrogens is 279 g/mol. The Labute approximate surface area is 121 Å². The van der Waals surface area contributed by atoms with Crippen molar-refractivity contribution >= 4 is 13.6 Å². The Kier molecular flexibility index (Phi) is 7.43. The van der Waals surface area contributed by atoms with Gasteiger partial charge >= 0.3 is 13.6 Å². The molecule has 0 aromatic heterocycles. The molecule has 1 unspecified atom stereocenters. The highest BCUT2D eigenvalue weighted by atomic mass is 31.2. The van der Waals surface area contributed by atoms with E-state index in [-0.39, 0.29) is 6.42 Å². The third-order valence-electron chi connectivity index (χ3n) is 4.85. The monoisotopic (exact) mass is 308 g/mol. The predicted octanol–water partition coefficient (Wildman–Crippen LogP) is 3.78. The minimum absolute atomic E-state index is 0.0551. The lowest BCUT2D eigenvalue weighted by molar-refractivity contribution is -0.146. The highest BCUT2D eigenvalue weighted by Gasteiger charge is 2.63. The average Bonchev–Trinajstić information content (AvgIpc) is 2.36. The summed E-state index contributed by atoms with van der Waals surface area (Å²) in [6.07, 6.45) is 4.14. The lowest BCUT2D eigenvalue weighted by Crippen LogP contribution is -2.53. The quantitative estimate of drug-likeness (QED) is 0.421. The topological polar surface area (TPSA) is 94.8 Å². The molecule has 0 bridgehead atoms. The summed E-state index contributed by atoms with van der Waals surface area (Å²) in [6, 6.07) is 0. The van der Waals surface area contributed by atoms with Gasteiger partial charge in [-0.05, 0) is 31.1 Å². The van der Waals surface area contributed by atoms with Crippen LogP contribution < -0.4 is 0 Å². The van der Waals surface area contributed by atoms with Gasteiger partial charge in [-0.3, -0.25) is 9.36 Å². The average molecular weight is 308 g/mol. The molecule has 5 nitrogen and oxygen atoms in total. The first-order valence-electron chi connectivity index (χ1n) is 7.48. The summed E-state index contributed by atoms with van der Waals surface area (Å²) in [5, 5.41) is 7.65. The van der Waals surface area contributed by atoms with Crippen molar-refractivity contribution in [2.45, 2.75) is 77.8 Å². The van der Waals surface area contributed by atoms with Gasteiger partial charge in [0, 0.05) is 0 Å². The summed E-state index contributed by atoms with van der Waals surface area (Å²) in [7, 11) is -4.77. The third-order valence-corrected chi connectivity index (χ3v) is 6.83. The second-order valence-electron chi connectivity index (χ2n) is 5.51. The molecule has 0 rings (SSSR count). The van der Waals surface area contributed by atoms with Gasteiger partial charge in [-0.1, -0.05) is 47.0 Å². The highest BCUT2D eigenvalue weighted by molar-refractivity contribution is 7.54. The number of carboxylic acid groups (broad SMARTS) is 1.